The van der Waals surface area contributed by atoms with E-state index in [-0.39, 0.29) is 48.4 Å². The average molecular weight is 1350 g/mol. The van der Waals surface area contributed by atoms with Crippen molar-refractivity contribution in [3.05, 3.63) is 144 Å². The van der Waals surface area contributed by atoms with E-state index >= 15 is 0 Å². The van der Waals surface area contributed by atoms with Gasteiger partial charge in [-0.05, 0) is 74.2 Å². The second-order valence-electron chi connectivity index (χ2n) is 22.5. The van der Waals surface area contributed by atoms with E-state index in [0.717, 1.165) is 66.2 Å². The van der Waals surface area contributed by atoms with Crippen LogP contribution in [0.3, 0.4) is 0 Å². The molecule has 24 nitrogen and oxygen atoms in total. The molecule has 2 aliphatic heterocycles. The Morgan fingerprint density at radius 1 is 0.372 bits per heavy atom. The van der Waals surface area contributed by atoms with E-state index < -0.39 is 141 Å². The third kappa shape index (κ3) is 23.4. The monoisotopic (exact) mass is 1350 g/mol. The second kappa shape index (κ2) is 39.3. The Hall–Kier alpha value is -7.62. The van der Waals surface area contributed by atoms with Crippen molar-refractivity contribution < 1.29 is 103 Å². The lowest BCUT2D eigenvalue weighted by Gasteiger charge is -2.29. The summed E-state index contributed by atoms with van der Waals surface area (Å²) in [6.07, 6.45) is -3.08. The highest BCUT2D eigenvalue weighted by Crippen LogP contribution is 2.38. The normalized spacial score (nSPS) is 19.9. The number of sulfonamides is 2. The second-order valence-corrected chi connectivity index (χ2v) is 26.5. The highest BCUT2D eigenvalue weighted by Gasteiger charge is 2.61. The fourth-order valence-electron chi connectivity index (χ4n) is 10.3. The average Bonchev–Trinajstić information content (AvgIpc) is 1.60. The van der Waals surface area contributed by atoms with E-state index in [1.165, 1.54) is 57.1 Å². The van der Waals surface area contributed by atoms with E-state index in [0.29, 0.717) is 38.5 Å². The molecule has 0 aliphatic carbocycles. The van der Waals surface area contributed by atoms with Gasteiger partial charge in [-0.1, -0.05) is 152 Å². The van der Waals surface area contributed by atoms with E-state index in [1.807, 2.05) is 13.8 Å². The van der Waals surface area contributed by atoms with Gasteiger partial charge in [0.15, 0.2) is 36.6 Å². The van der Waals surface area contributed by atoms with Gasteiger partial charge in [0, 0.05) is 53.9 Å². The van der Waals surface area contributed by atoms with Gasteiger partial charge in [0.25, 0.3) is 0 Å². The van der Waals surface area contributed by atoms with Crippen LogP contribution in [0.5, 0.6) is 0 Å². The maximum atomic E-state index is 14.7. The lowest BCUT2D eigenvalue weighted by atomic mass is 10.1. The number of carbonyl (C=O) groups is 8. The molecule has 516 valence electrons. The first-order valence-electron chi connectivity index (χ1n) is 31.9. The largest absolute Gasteiger partial charge is 0.462 e. The molecule has 2 aliphatic rings. The smallest absolute Gasteiger partial charge is 0.338 e. The summed E-state index contributed by atoms with van der Waals surface area (Å²) >= 11 is 0. The number of esters is 8. The highest BCUT2D eigenvalue weighted by molar-refractivity contribution is 7.89. The maximum absolute atomic E-state index is 14.7. The van der Waals surface area contributed by atoms with E-state index in [9.17, 15) is 55.2 Å². The van der Waals surface area contributed by atoms with Crippen molar-refractivity contribution >= 4 is 67.8 Å². The minimum Gasteiger partial charge on any atom is -0.462 e. The third-order valence-electron chi connectivity index (χ3n) is 15.0. The molecule has 2 saturated heterocycles. The number of rotatable bonds is 36. The van der Waals surface area contributed by atoms with Crippen LogP contribution in [-0.4, -0.2) is 172 Å². The van der Waals surface area contributed by atoms with Crippen LogP contribution in [0.25, 0.3) is 0 Å². The van der Waals surface area contributed by atoms with Crippen molar-refractivity contribution in [1.29, 1.82) is 0 Å². The SMILES string of the molecule is CCCCCCN(CCCCCC)S(=O)(=O)[C@@H]1O[C@@H]([C@@H](COC(C)=O)OC(C)=O)[C@H](OC(C)=O)[C@H]1OC(C)=O.CCCCN(CCCC)S(=O)(=O)[C@@H]1O[C@@H]([C@@H](COC(=O)c2ccccc2)OC(=O)c2ccccc2)[C@H](OC(=O)c2ccccc2)[C@H]1OC(=O)c1ccccc1. The summed E-state index contributed by atoms with van der Waals surface area (Å²) in [5.74, 6) is -6.47. The molecule has 6 rings (SSSR count). The van der Waals surface area contributed by atoms with Gasteiger partial charge in [0.2, 0.25) is 30.9 Å². The number of hydrogen-bond donors (Lipinski definition) is 0. The van der Waals surface area contributed by atoms with Gasteiger partial charge in [-0.3, -0.25) is 19.2 Å². The van der Waals surface area contributed by atoms with Crippen LogP contribution in [0.1, 0.15) is 174 Å². The summed E-state index contributed by atoms with van der Waals surface area (Å²) in [7, 11) is -8.75. The van der Waals surface area contributed by atoms with Crippen molar-refractivity contribution in [1.82, 2.24) is 8.61 Å². The lowest BCUT2D eigenvalue weighted by molar-refractivity contribution is -0.176. The molecule has 4 aromatic rings. The molecule has 0 radical (unpaired) electrons. The Bertz CT molecular complexity index is 3250. The summed E-state index contributed by atoms with van der Waals surface area (Å²) in [6.45, 7) is 12.1. The van der Waals surface area contributed by atoms with Gasteiger partial charge < -0.3 is 47.4 Å². The molecule has 4 aromatic carbocycles. The number of carbonyl (C=O) groups excluding carboxylic acids is 8. The minimum atomic E-state index is -4.48. The molecule has 0 bridgehead atoms. The molecule has 2 fully saturated rings. The molecule has 0 saturated carbocycles. The van der Waals surface area contributed by atoms with Crippen molar-refractivity contribution in [3.8, 4) is 0 Å². The third-order valence-corrected chi connectivity index (χ3v) is 19.1. The van der Waals surface area contributed by atoms with Gasteiger partial charge >= 0.3 is 47.8 Å². The standard InChI is InChI=1S/C42H45NO11S.C26H45NO11S/c1-3-5-27-43(28-6-4-2)55(48,49)42-37(53-41(47)33-25-17-10-18-26-33)36(52-40(46)32-23-15-9-16-24-32)35(54-42)34(51-39(45)31-21-13-8-14-22-31)29-50-38(44)30-19-11-7-12-20-30;1-7-9-11-13-15-27(16-14-12-10-8-2)39(32,33)26-25(37-21(6)31)24(36-20(5)30)23(38-26)22(35-19(4)29)17-34-18(3)28/h7-26,34-37,42H,3-6,27-29H2,1-2H3;22-26H,7-17H2,1-6H3/t34-,35+,36+,37-,42+;22-,23+,24+,25-,26+/m11/s1. The van der Waals surface area contributed by atoms with Crippen LogP contribution < -0.4 is 0 Å². The number of hydrogen-bond acceptors (Lipinski definition) is 22. The van der Waals surface area contributed by atoms with E-state index in [4.69, 9.17) is 47.4 Å². The fraction of sp³-hybridized carbons (Fsp3) is 0.529. The van der Waals surface area contributed by atoms with E-state index in [2.05, 4.69) is 13.8 Å². The molecule has 0 N–H and O–H groups in total. The van der Waals surface area contributed by atoms with Crippen LogP contribution in [-0.2, 0) is 86.6 Å². The molecular formula is C68H90N2O22S2. The molecule has 2 heterocycles. The van der Waals surface area contributed by atoms with Gasteiger partial charge in [0.05, 0.1) is 22.3 Å². The van der Waals surface area contributed by atoms with Crippen LogP contribution in [0.15, 0.2) is 121 Å². The molecule has 0 spiro atoms. The topological polar surface area (TPSA) is 304 Å². The summed E-state index contributed by atoms with van der Waals surface area (Å²) in [5, 5.41) is 0. The number of ether oxygens (including phenoxy) is 10. The summed E-state index contributed by atoms with van der Waals surface area (Å²) in [4.78, 5) is 102. The minimum absolute atomic E-state index is 0.105. The van der Waals surface area contributed by atoms with E-state index in [1.54, 1.807) is 72.8 Å². The van der Waals surface area contributed by atoms with Gasteiger partial charge in [-0.2, -0.15) is 8.61 Å². The van der Waals surface area contributed by atoms with Crippen LogP contribution in [0.2, 0.25) is 0 Å². The van der Waals surface area contributed by atoms with Crippen molar-refractivity contribution in [2.24, 2.45) is 0 Å². The molecule has 0 amide bonds. The van der Waals surface area contributed by atoms with Gasteiger partial charge in [0.1, 0.15) is 25.4 Å². The Kier molecular flexibility index (Phi) is 32.2. The van der Waals surface area contributed by atoms with Gasteiger partial charge in [-0.25, -0.2) is 36.0 Å². The molecule has 26 heteroatoms. The maximum Gasteiger partial charge on any atom is 0.338 e. The number of unbranched alkanes of at least 4 members (excludes halogenated alkanes) is 8. The Labute approximate surface area is 551 Å². The first-order valence-corrected chi connectivity index (χ1v) is 34.9. The zero-order valence-electron chi connectivity index (χ0n) is 54.7. The number of nitrogens with zero attached hydrogens (tertiary/aromatic N) is 2. The lowest BCUT2D eigenvalue weighted by Crippen LogP contribution is -2.49. The number of benzene rings is 4. The van der Waals surface area contributed by atoms with Crippen molar-refractivity contribution in [2.45, 2.75) is 192 Å². The fourth-order valence-corrected chi connectivity index (χ4v) is 14.1. The Balaban J connectivity index is 0.000000363. The van der Waals surface area contributed by atoms with Crippen LogP contribution in [0, 0.1) is 0 Å². The zero-order valence-corrected chi connectivity index (χ0v) is 56.4. The summed E-state index contributed by atoms with van der Waals surface area (Å²) < 4.78 is 117. The summed E-state index contributed by atoms with van der Waals surface area (Å²) in [5.41, 5.74) is -3.11. The highest BCUT2D eigenvalue weighted by atomic mass is 32.2. The zero-order chi connectivity index (χ0) is 68.8. The summed E-state index contributed by atoms with van der Waals surface area (Å²) in [6, 6.07) is 31.9. The van der Waals surface area contributed by atoms with Crippen molar-refractivity contribution in [2.75, 3.05) is 39.4 Å². The molecular weight excluding hydrogens is 1260 g/mol. The van der Waals surface area contributed by atoms with Crippen LogP contribution >= 0.6 is 0 Å². The van der Waals surface area contributed by atoms with Crippen molar-refractivity contribution in [3.63, 3.8) is 0 Å². The Morgan fingerprint density at radius 2 is 0.702 bits per heavy atom. The molecule has 10 atom stereocenters. The van der Waals surface area contributed by atoms with Gasteiger partial charge in [-0.15, -0.1) is 0 Å². The van der Waals surface area contributed by atoms with Crippen LogP contribution in [0.4, 0.5) is 0 Å². The first-order chi connectivity index (χ1) is 45.0. The molecule has 94 heavy (non-hydrogen) atoms. The predicted molar refractivity (Wildman–Crippen MR) is 343 cm³/mol. The quantitative estimate of drug-likeness (QED) is 0.0232. The predicted octanol–water partition coefficient (Wildman–Crippen LogP) is 9.34. The Morgan fingerprint density at radius 3 is 1.09 bits per heavy atom. The first kappa shape index (κ1) is 77.1. The molecule has 0 unspecified atom stereocenters. The molecule has 0 aromatic heterocycles.